The highest BCUT2D eigenvalue weighted by molar-refractivity contribution is 9.09. The zero-order chi connectivity index (χ0) is 10.8. The Balaban J connectivity index is 1.90. The second-order valence-electron chi connectivity index (χ2n) is 4.40. The molecule has 84 valence electrons. The van der Waals surface area contributed by atoms with Crippen molar-refractivity contribution < 1.29 is 0 Å². The molecular weight excluding hydrogens is 256 g/mol. The summed E-state index contributed by atoms with van der Waals surface area (Å²) in [7, 11) is 1.91. The van der Waals surface area contributed by atoms with Crippen LogP contribution in [0.25, 0.3) is 0 Å². The lowest BCUT2D eigenvalue weighted by Gasteiger charge is -2.33. The summed E-state index contributed by atoms with van der Waals surface area (Å²) >= 11 is 3.71. The molecule has 2 heterocycles. The molecule has 1 saturated heterocycles. The predicted molar refractivity (Wildman–Crippen MR) is 62.8 cm³/mol. The van der Waals surface area contributed by atoms with Crippen molar-refractivity contribution in [2.24, 2.45) is 13.0 Å². The van der Waals surface area contributed by atoms with Gasteiger partial charge in [-0.3, -0.25) is 9.58 Å². The minimum atomic E-state index is 0.676. The number of piperidine rings is 1. The zero-order valence-electron chi connectivity index (χ0n) is 9.23. The van der Waals surface area contributed by atoms with Crippen molar-refractivity contribution in [3.05, 3.63) is 11.9 Å². The Morgan fingerprint density at radius 3 is 3.00 bits per heavy atom. The fourth-order valence-electron chi connectivity index (χ4n) is 2.04. The molecule has 2 atom stereocenters. The summed E-state index contributed by atoms with van der Waals surface area (Å²) in [6.07, 6.45) is 3.21. The van der Waals surface area contributed by atoms with Gasteiger partial charge in [0.05, 0.1) is 5.69 Å². The van der Waals surface area contributed by atoms with E-state index in [0.717, 1.165) is 31.2 Å². The quantitative estimate of drug-likeness (QED) is 0.764. The van der Waals surface area contributed by atoms with Crippen molar-refractivity contribution in [1.29, 1.82) is 0 Å². The zero-order valence-corrected chi connectivity index (χ0v) is 10.8. The maximum atomic E-state index is 4.11. The molecule has 0 amide bonds. The van der Waals surface area contributed by atoms with Crippen molar-refractivity contribution >= 4 is 15.9 Å². The third-order valence-electron chi connectivity index (χ3n) is 2.92. The Hall–Kier alpha value is -0.420. The van der Waals surface area contributed by atoms with Gasteiger partial charge in [-0.1, -0.05) is 28.1 Å². The molecule has 0 saturated carbocycles. The molecule has 2 unspecified atom stereocenters. The van der Waals surface area contributed by atoms with Gasteiger partial charge in [0.2, 0.25) is 0 Å². The summed E-state index contributed by atoms with van der Waals surface area (Å²) in [6, 6.07) is 0. The molecule has 5 heteroatoms. The second-order valence-corrected chi connectivity index (χ2v) is 5.58. The van der Waals surface area contributed by atoms with Crippen LogP contribution in [0.4, 0.5) is 0 Å². The average molecular weight is 273 g/mol. The van der Waals surface area contributed by atoms with Crippen LogP contribution >= 0.6 is 15.9 Å². The predicted octanol–water partition coefficient (Wildman–Crippen LogP) is 1.42. The molecule has 4 nitrogen and oxygen atoms in total. The lowest BCUT2D eigenvalue weighted by molar-refractivity contribution is 0.181. The summed E-state index contributed by atoms with van der Waals surface area (Å²) in [5, 5.41) is 8.06. The Bertz CT molecular complexity index is 325. The topological polar surface area (TPSA) is 34.0 Å². The molecule has 1 fully saturated rings. The van der Waals surface area contributed by atoms with Gasteiger partial charge in [0.15, 0.2) is 0 Å². The first-order chi connectivity index (χ1) is 7.15. The average Bonchev–Trinajstić information content (AvgIpc) is 2.58. The first kappa shape index (κ1) is 11.1. The van der Waals surface area contributed by atoms with Crippen LogP contribution in [-0.2, 0) is 13.6 Å². The van der Waals surface area contributed by atoms with Crippen molar-refractivity contribution in [2.45, 2.75) is 24.7 Å². The number of halogens is 1. The van der Waals surface area contributed by atoms with E-state index in [0.29, 0.717) is 4.83 Å². The number of rotatable bonds is 2. The van der Waals surface area contributed by atoms with Crippen molar-refractivity contribution in [3.63, 3.8) is 0 Å². The molecule has 0 N–H and O–H groups in total. The number of nitrogens with zero attached hydrogens (tertiary/aromatic N) is 4. The van der Waals surface area contributed by atoms with E-state index in [2.05, 4.69) is 38.1 Å². The van der Waals surface area contributed by atoms with Crippen LogP contribution in [0.3, 0.4) is 0 Å². The SMILES string of the molecule is CC1CN(Cc2cn(C)nn2)CCC1Br. The molecule has 1 aliphatic rings. The van der Waals surface area contributed by atoms with E-state index in [1.54, 1.807) is 4.68 Å². The summed E-state index contributed by atoms with van der Waals surface area (Å²) in [6.45, 7) is 5.52. The molecule has 1 aromatic heterocycles. The van der Waals surface area contributed by atoms with Gasteiger partial charge in [0, 0.05) is 31.2 Å². The van der Waals surface area contributed by atoms with Gasteiger partial charge < -0.3 is 0 Å². The normalized spacial score (nSPS) is 28.2. The van der Waals surface area contributed by atoms with Gasteiger partial charge in [-0.15, -0.1) is 5.10 Å². The maximum Gasteiger partial charge on any atom is 0.0967 e. The Labute approximate surface area is 98.8 Å². The summed E-state index contributed by atoms with van der Waals surface area (Å²) in [5.74, 6) is 0.718. The van der Waals surface area contributed by atoms with E-state index in [1.165, 1.54) is 6.42 Å². The van der Waals surface area contributed by atoms with Gasteiger partial charge in [0.25, 0.3) is 0 Å². The van der Waals surface area contributed by atoms with Crippen LogP contribution in [0.15, 0.2) is 6.20 Å². The third kappa shape index (κ3) is 2.78. The van der Waals surface area contributed by atoms with Gasteiger partial charge >= 0.3 is 0 Å². The van der Waals surface area contributed by atoms with Crippen LogP contribution in [0, 0.1) is 5.92 Å². The molecule has 2 rings (SSSR count). The van der Waals surface area contributed by atoms with Crippen LogP contribution < -0.4 is 0 Å². The van der Waals surface area contributed by atoms with Gasteiger partial charge in [-0.2, -0.15) is 0 Å². The minimum absolute atomic E-state index is 0.676. The molecule has 1 aliphatic heterocycles. The maximum absolute atomic E-state index is 4.11. The first-order valence-electron chi connectivity index (χ1n) is 5.37. The number of aryl methyl sites for hydroxylation is 1. The van der Waals surface area contributed by atoms with Gasteiger partial charge in [-0.25, -0.2) is 0 Å². The molecule has 1 aromatic rings. The number of hydrogen-bond donors (Lipinski definition) is 0. The highest BCUT2D eigenvalue weighted by atomic mass is 79.9. The largest absolute Gasteiger partial charge is 0.297 e. The van der Waals surface area contributed by atoms with E-state index in [4.69, 9.17) is 0 Å². The highest BCUT2D eigenvalue weighted by Crippen LogP contribution is 2.23. The van der Waals surface area contributed by atoms with E-state index in [9.17, 15) is 0 Å². The van der Waals surface area contributed by atoms with Crippen molar-refractivity contribution in [1.82, 2.24) is 19.9 Å². The molecule has 15 heavy (non-hydrogen) atoms. The van der Waals surface area contributed by atoms with Crippen LogP contribution in [0.2, 0.25) is 0 Å². The van der Waals surface area contributed by atoms with Gasteiger partial charge in [0.1, 0.15) is 0 Å². The molecule has 0 aliphatic carbocycles. The number of likely N-dealkylation sites (tertiary alicyclic amines) is 1. The number of aromatic nitrogens is 3. The molecule has 0 spiro atoms. The molecule has 0 radical (unpaired) electrons. The fraction of sp³-hybridized carbons (Fsp3) is 0.800. The van der Waals surface area contributed by atoms with Crippen molar-refractivity contribution in [3.8, 4) is 0 Å². The first-order valence-corrected chi connectivity index (χ1v) is 6.28. The lowest BCUT2D eigenvalue weighted by atomic mass is 10.00. The van der Waals surface area contributed by atoms with E-state index < -0.39 is 0 Å². The third-order valence-corrected chi connectivity index (χ3v) is 4.28. The summed E-state index contributed by atoms with van der Waals surface area (Å²) in [5.41, 5.74) is 1.07. The second kappa shape index (κ2) is 4.61. The Morgan fingerprint density at radius 2 is 2.40 bits per heavy atom. The fourth-order valence-corrected chi connectivity index (χ4v) is 2.42. The summed E-state index contributed by atoms with van der Waals surface area (Å²) in [4.78, 5) is 3.13. The van der Waals surface area contributed by atoms with Crippen LogP contribution in [-0.4, -0.2) is 37.8 Å². The Kier molecular flexibility index (Phi) is 3.41. The highest BCUT2D eigenvalue weighted by Gasteiger charge is 2.24. The number of alkyl halides is 1. The summed E-state index contributed by atoms with van der Waals surface area (Å²) < 4.78 is 1.76. The van der Waals surface area contributed by atoms with E-state index >= 15 is 0 Å². The lowest BCUT2D eigenvalue weighted by Crippen LogP contribution is -2.39. The van der Waals surface area contributed by atoms with Gasteiger partial charge in [-0.05, 0) is 18.9 Å². The standard InChI is InChI=1S/C10H17BrN4/c1-8-5-15(4-3-10(8)11)7-9-6-14(2)13-12-9/h6,8,10H,3-5,7H2,1-2H3. The monoisotopic (exact) mass is 272 g/mol. The molecule has 0 aromatic carbocycles. The van der Waals surface area contributed by atoms with E-state index in [1.807, 2.05) is 13.2 Å². The van der Waals surface area contributed by atoms with Crippen LogP contribution in [0.5, 0.6) is 0 Å². The Morgan fingerprint density at radius 1 is 1.60 bits per heavy atom. The molecule has 0 bridgehead atoms. The minimum Gasteiger partial charge on any atom is -0.297 e. The van der Waals surface area contributed by atoms with E-state index in [-0.39, 0.29) is 0 Å². The smallest absolute Gasteiger partial charge is 0.0967 e. The van der Waals surface area contributed by atoms with Crippen molar-refractivity contribution in [2.75, 3.05) is 13.1 Å². The number of hydrogen-bond acceptors (Lipinski definition) is 3. The molecular formula is C10H17BrN4. The van der Waals surface area contributed by atoms with Crippen LogP contribution in [0.1, 0.15) is 19.0 Å².